The number of hydrogen-bond acceptors (Lipinski definition) is 4. The van der Waals surface area contributed by atoms with Crippen LogP contribution in [-0.4, -0.2) is 23.3 Å². The van der Waals surface area contributed by atoms with Gasteiger partial charge in [-0.15, -0.1) is 0 Å². The Kier molecular flexibility index (Phi) is 5.68. The molecule has 1 aliphatic rings. The quantitative estimate of drug-likeness (QED) is 0.456. The van der Waals surface area contributed by atoms with E-state index in [4.69, 9.17) is 11.6 Å². The van der Waals surface area contributed by atoms with Gasteiger partial charge in [0.05, 0.1) is 4.92 Å². The first kappa shape index (κ1) is 20.6. The van der Waals surface area contributed by atoms with E-state index in [2.05, 4.69) is 5.32 Å². The molecule has 8 heteroatoms. The van der Waals surface area contributed by atoms with Gasteiger partial charge >= 0.3 is 0 Å². The van der Waals surface area contributed by atoms with Crippen molar-refractivity contribution in [1.82, 2.24) is 0 Å². The Morgan fingerprint density at radius 1 is 1.03 bits per heavy atom. The largest absolute Gasteiger partial charge is 0.322 e. The number of rotatable bonds is 4. The van der Waals surface area contributed by atoms with Gasteiger partial charge in [-0.3, -0.25) is 19.7 Å². The molecule has 1 heterocycles. The number of nitrogens with one attached hydrogen (secondary N) is 1. The van der Waals surface area contributed by atoms with Gasteiger partial charge in [0, 0.05) is 34.6 Å². The predicted octanol–water partition coefficient (Wildman–Crippen LogP) is 5.09. The highest BCUT2D eigenvalue weighted by Gasteiger charge is 2.25. The van der Waals surface area contributed by atoms with Crippen molar-refractivity contribution >= 4 is 40.5 Å². The van der Waals surface area contributed by atoms with Crippen molar-refractivity contribution in [2.24, 2.45) is 0 Å². The highest BCUT2D eigenvalue weighted by molar-refractivity contribution is 6.31. The van der Waals surface area contributed by atoms with Crippen LogP contribution in [0.5, 0.6) is 0 Å². The zero-order valence-electron chi connectivity index (χ0n) is 16.4. The number of benzene rings is 3. The number of nitro groups is 1. The molecule has 3 aromatic rings. The Balaban J connectivity index is 1.59. The van der Waals surface area contributed by atoms with E-state index in [1.807, 2.05) is 18.2 Å². The van der Waals surface area contributed by atoms with Gasteiger partial charge < -0.3 is 10.2 Å². The van der Waals surface area contributed by atoms with Gasteiger partial charge in [-0.25, -0.2) is 0 Å². The van der Waals surface area contributed by atoms with Crippen LogP contribution in [0.4, 0.5) is 17.1 Å². The second-order valence-electron chi connectivity index (χ2n) is 7.14. The van der Waals surface area contributed by atoms with Crippen LogP contribution >= 0.6 is 11.6 Å². The maximum absolute atomic E-state index is 12.9. The number of anilines is 2. The lowest BCUT2D eigenvalue weighted by Crippen LogP contribution is -2.35. The molecule has 7 nitrogen and oxygen atoms in total. The lowest BCUT2D eigenvalue weighted by atomic mass is 9.99. The Labute approximate surface area is 183 Å². The summed E-state index contributed by atoms with van der Waals surface area (Å²) in [7, 11) is 0. The number of nitro benzene ring substituents is 1. The fourth-order valence-electron chi connectivity index (χ4n) is 3.67. The highest BCUT2D eigenvalue weighted by atomic mass is 35.5. The lowest BCUT2D eigenvalue weighted by molar-refractivity contribution is -0.385. The molecule has 0 radical (unpaired) electrons. The summed E-state index contributed by atoms with van der Waals surface area (Å²) in [5.41, 5.74) is 2.39. The molecule has 3 aromatic carbocycles. The molecule has 156 valence electrons. The van der Waals surface area contributed by atoms with Gasteiger partial charge in [0.1, 0.15) is 5.56 Å². The van der Waals surface area contributed by atoms with Gasteiger partial charge in [-0.1, -0.05) is 29.8 Å². The molecule has 0 aromatic heterocycles. The number of nitrogens with zero attached hydrogens (tertiary/aromatic N) is 2. The summed E-state index contributed by atoms with van der Waals surface area (Å²) < 4.78 is 0. The number of hydrogen-bond donors (Lipinski definition) is 1. The molecule has 1 N–H and O–H groups in total. The van der Waals surface area contributed by atoms with Crippen LogP contribution in [0.2, 0.25) is 5.02 Å². The number of amides is 2. The van der Waals surface area contributed by atoms with E-state index in [1.54, 1.807) is 35.2 Å². The lowest BCUT2D eigenvalue weighted by Gasteiger charge is -2.30. The van der Waals surface area contributed by atoms with Crippen molar-refractivity contribution in [3.05, 3.63) is 98.6 Å². The fourth-order valence-corrected chi connectivity index (χ4v) is 3.84. The summed E-state index contributed by atoms with van der Waals surface area (Å²) in [5.74, 6) is -0.699. The van der Waals surface area contributed by atoms with E-state index in [-0.39, 0.29) is 22.2 Å². The minimum Gasteiger partial charge on any atom is -0.322 e. The monoisotopic (exact) mass is 435 g/mol. The summed E-state index contributed by atoms with van der Waals surface area (Å²) in [6.07, 6.45) is 1.55. The third-order valence-electron chi connectivity index (χ3n) is 5.12. The smallest absolute Gasteiger partial charge is 0.282 e. The molecule has 2 amide bonds. The molecular weight excluding hydrogens is 418 g/mol. The average Bonchev–Trinajstić information content (AvgIpc) is 2.78. The summed E-state index contributed by atoms with van der Waals surface area (Å²) in [6, 6.07) is 18.2. The molecule has 0 saturated carbocycles. The van der Waals surface area contributed by atoms with Crippen LogP contribution in [0.25, 0.3) is 0 Å². The van der Waals surface area contributed by atoms with Gasteiger partial charge in [-0.2, -0.15) is 0 Å². The van der Waals surface area contributed by atoms with Crippen molar-refractivity contribution in [3.63, 3.8) is 0 Å². The average molecular weight is 436 g/mol. The molecule has 0 aliphatic carbocycles. The molecule has 1 aliphatic heterocycles. The molecule has 0 fully saturated rings. The Bertz CT molecular complexity index is 1180. The van der Waals surface area contributed by atoms with Gasteiger partial charge in [0.2, 0.25) is 0 Å². The summed E-state index contributed by atoms with van der Waals surface area (Å²) in [5, 5.41) is 14.2. The summed E-state index contributed by atoms with van der Waals surface area (Å²) in [4.78, 5) is 38.0. The van der Waals surface area contributed by atoms with Crippen molar-refractivity contribution in [3.8, 4) is 0 Å². The van der Waals surface area contributed by atoms with E-state index >= 15 is 0 Å². The number of carbonyl (C=O) groups excluding carboxylic acids is 2. The third kappa shape index (κ3) is 4.27. The first-order chi connectivity index (χ1) is 14.9. The molecule has 31 heavy (non-hydrogen) atoms. The molecule has 0 unspecified atom stereocenters. The molecule has 0 bridgehead atoms. The standard InChI is InChI=1S/C23H18ClN3O4/c24-17-8-10-21(27(30)31)19(14-17)22(28)25-18-9-11-20-16(13-18)7-4-12-26(20)23(29)15-5-2-1-3-6-15/h1-3,5-6,8-11,13-14H,4,7,12H2,(H,25,28). The van der Waals surface area contributed by atoms with E-state index in [1.165, 1.54) is 18.2 Å². The first-order valence-electron chi connectivity index (χ1n) is 9.69. The molecule has 0 saturated heterocycles. The molecule has 4 rings (SSSR count). The van der Waals surface area contributed by atoms with E-state index in [0.29, 0.717) is 17.8 Å². The topological polar surface area (TPSA) is 92.6 Å². The second kappa shape index (κ2) is 8.57. The Morgan fingerprint density at radius 2 is 1.81 bits per heavy atom. The SMILES string of the molecule is O=C(Nc1ccc2c(c1)CCCN2C(=O)c1ccccc1)c1cc(Cl)ccc1[N+](=O)[O-]. The third-order valence-corrected chi connectivity index (χ3v) is 5.36. The van der Waals surface area contributed by atoms with Crippen LogP contribution in [0.3, 0.4) is 0 Å². The molecular formula is C23H18ClN3O4. The number of halogens is 1. The van der Waals surface area contributed by atoms with Crippen molar-refractivity contribution in [1.29, 1.82) is 0 Å². The normalized spacial score (nSPS) is 12.7. The molecule has 0 spiro atoms. The highest BCUT2D eigenvalue weighted by Crippen LogP contribution is 2.31. The van der Waals surface area contributed by atoms with Gasteiger partial charge in [0.25, 0.3) is 17.5 Å². The number of fused-ring (bicyclic) bond motifs is 1. The van der Waals surface area contributed by atoms with Crippen molar-refractivity contribution in [2.45, 2.75) is 12.8 Å². The van der Waals surface area contributed by atoms with Crippen LogP contribution in [0.1, 0.15) is 32.7 Å². The van der Waals surface area contributed by atoms with Gasteiger partial charge in [0.15, 0.2) is 0 Å². The van der Waals surface area contributed by atoms with Crippen molar-refractivity contribution < 1.29 is 14.5 Å². The Morgan fingerprint density at radius 3 is 2.55 bits per heavy atom. The summed E-state index contributed by atoms with van der Waals surface area (Å²) in [6.45, 7) is 0.612. The maximum atomic E-state index is 12.9. The van der Waals surface area contributed by atoms with Crippen LogP contribution < -0.4 is 10.2 Å². The number of aryl methyl sites for hydroxylation is 1. The second-order valence-corrected chi connectivity index (χ2v) is 7.58. The predicted molar refractivity (Wildman–Crippen MR) is 119 cm³/mol. The zero-order chi connectivity index (χ0) is 22.0. The number of carbonyl (C=O) groups is 2. The van der Waals surface area contributed by atoms with Crippen molar-refractivity contribution in [2.75, 3.05) is 16.8 Å². The minimum absolute atomic E-state index is 0.0760. The van der Waals surface area contributed by atoms with Crippen LogP contribution in [0, 0.1) is 10.1 Å². The van der Waals surface area contributed by atoms with Crippen LogP contribution in [0.15, 0.2) is 66.7 Å². The maximum Gasteiger partial charge on any atom is 0.282 e. The first-order valence-corrected chi connectivity index (χ1v) is 10.1. The Hall–Kier alpha value is -3.71. The van der Waals surface area contributed by atoms with E-state index < -0.39 is 10.8 Å². The summed E-state index contributed by atoms with van der Waals surface area (Å²) >= 11 is 5.92. The van der Waals surface area contributed by atoms with E-state index in [9.17, 15) is 19.7 Å². The van der Waals surface area contributed by atoms with Crippen LogP contribution in [-0.2, 0) is 6.42 Å². The zero-order valence-corrected chi connectivity index (χ0v) is 17.1. The molecule has 0 atom stereocenters. The fraction of sp³-hybridized carbons (Fsp3) is 0.130. The van der Waals surface area contributed by atoms with Gasteiger partial charge in [-0.05, 0) is 60.9 Å². The van der Waals surface area contributed by atoms with E-state index in [0.717, 1.165) is 24.1 Å². The minimum atomic E-state index is -0.623.